The van der Waals surface area contributed by atoms with Crippen molar-refractivity contribution in [1.82, 2.24) is 24.6 Å². The van der Waals surface area contributed by atoms with E-state index in [-0.39, 0.29) is 24.2 Å². The molecule has 0 saturated carbocycles. The van der Waals surface area contributed by atoms with Crippen molar-refractivity contribution < 1.29 is 14.7 Å². The first-order valence-electron chi connectivity index (χ1n) is 13.6. The van der Waals surface area contributed by atoms with Crippen LogP contribution in [0.1, 0.15) is 71.5 Å². The summed E-state index contributed by atoms with van der Waals surface area (Å²) < 4.78 is 1.75. The fraction of sp³-hybridized carbons (Fsp3) is 0.483. The van der Waals surface area contributed by atoms with E-state index < -0.39 is 5.41 Å². The molecule has 0 atom stereocenters. The summed E-state index contributed by atoms with van der Waals surface area (Å²) in [5, 5.41) is 17.1. The van der Waals surface area contributed by atoms with Gasteiger partial charge in [-0.3, -0.25) is 14.3 Å². The standard InChI is InChI=1S/C29H37N7O3/c1-29(2)16-20-17-31-28(30)33-24(20)26-23(29)25(34-36(26)11-4-14-37)27(39)32-21-7-5-19(6-8-21)22(38)15-18-9-12-35(3)13-10-18/h5-8,17-18,37H,4,9-16H2,1-3H3,(H,32,39)(H2,30,31,33). The maximum atomic E-state index is 13.6. The van der Waals surface area contributed by atoms with Gasteiger partial charge in [-0.05, 0) is 87.0 Å². The summed E-state index contributed by atoms with van der Waals surface area (Å²) in [4.78, 5) is 37.4. The number of hydrogen-bond donors (Lipinski definition) is 3. The average molecular weight is 532 g/mol. The Labute approximate surface area is 228 Å². The first kappa shape index (κ1) is 27.0. The highest BCUT2D eigenvalue weighted by Gasteiger charge is 2.40. The third-order valence-corrected chi connectivity index (χ3v) is 7.89. The first-order chi connectivity index (χ1) is 18.7. The monoisotopic (exact) mass is 531 g/mol. The number of aliphatic hydroxyl groups is 1. The van der Waals surface area contributed by atoms with Crippen molar-refractivity contribution in [2.24, 2.45) is 5.92 Å². The van der Waals surface area contributed by atoms with Crippen LogP contribution >= 0.6 is 0 Å². The first-order valence-corrected chi connectivity index (χ1v) is 13.6. The van der Waals surface area contributed by atoms with E-state index in [9.17, 15) is 14.7 Å². The van der Waals surface area contributed by atoms with E-state index in [0.29, 0.717) is 54.4 Å². The lowest BCUT2D eigenvalue weighted by molar-refractivity contribution is 0.0935. The van der Waals surface area contributed by atoms with Gasteiger partial charge in [0.1, 0.15) is 0 Å². The molecule has 10 nitrogen and oxygen atoms in total. The number of nitrogens with zero attached hydrogens (tertiary/aromatic N) is 5. The average Bonchev–Trinajstić information content (AvgIpc) is 3.31. The summed E-state index contributed by atoms with van der Waals surface area (Å²) in [7, 11) is 2.12. The zero-order valence-electron chi connectivity index (χ0n) is 22.9. The molecule has 1 amide bonds. The molecule has 0 unspecified atom stereocenters. The van der Waals surface area contributed by atoms with Crippen molar-refractivity contribution in [3.8, 4) is 11.4 Å². The number of piperidine rings is 1. The maximum Gasteiger partial charge on any atom is 0.276 e. The van der Waals surface area contributed by atoms with Crippen molar-refractivity contribution in [1.29, 1.82) is 0 Å². The third-order valence-electron chi connectivity index (χ3n) is 7.89. The van der Waals surface area contributed by atoms with E-state index in [0.717, 1.165) is 42.8 Å². The molecule has 1 aliphatic carbocycles. The van der Waals surface area contributed by atoms with Gasteiger partial charge in [0.25, 0.3) is 5.91 Å². The van der Waals surface area contributed by atoms with Crippen molar-refractivity contribution >= 4 is 23.3 Å². The van der Waals surface area contributed by atoms with Crippen LogP contribution in [-0.4, -0.2) is 68.2 Å². The maximum absolute atomic E-state index is 13.6. The van der Waals surface area contributed by atoms with Gasteiger partial charge in [0.15, 0.2) is 11.5 Å². The summed E-state index contributed by atoms with van der Waals surface area (Å²) >= 11 is 0. The minimum Gasteiger partial charge on any atom is -0.396 e. The van der Waals surface area contributed by atoms with Crippen LogP contribution in [0, 0.1) is 5.92 Å². The van der Waals surface area contributed by atoms with Crippen molar-refractivity contribution in [2.75, 3.05) is 37.8 Å². The highest BCUT2D eigenvalue weighted by molar-refractivity contribution is 6.06. The highest BCUT2D eigenvalue weighted by Crippen LogP contribution is 2.44. The Bertz CT molecular complexity index is 1370. The smallest absolute Gasteiger partial charge is 0.276 e. The van der Waals surface area contributed by atoms with Crippen molar-refractivity contribution in [3.05, 3.63) is 52.8 Å². The molecule has 5 rings (SSSR count). The Morgan fingerprint density at radius 1 is 1.18 bits per heavy atom. The second-order valence-corrected chi connectivity index (χ2v) is 11.4. The molecule has 39 heavy (non-hydrogen) atoms. The minimum atomic E-state index is -0.407. The van der Waals surface area contributed by atoms with Crippen LogP contribution in [0.3, 0.4) is 0 Å². The van der Waals surface area contributed by atoms with Crippen molar-refractivity contribution in [3.63, 3.8) is 0 Å². The molecular formula is C29H37N7O3. The zero-order chi connectivity index (χ0) is 27.7. The van der Waals surface area contributed by atoms with Gasteiger partial charge in [-0.15, -0.1) is 0 Å². The molecule has 3 heterocycles. The van der Waals surface area contributed by atoms with E-state index in [1.54, 1.807) is 35.1 Å². The summed E-state index contributed by atoms with van der Waals surface area (Å²) in [6.07, 6.45) is 5.51. The SMILES string of the molecule is CN1CCC(CC(=O)c2ccc(NC(=O)c3nn(CCCO)c4c3C(C)(C)Cc3cnc(N)nc3-4)cc2)CC1. The number of nitrogen functional groups attached to an aromatic ring is 1. The lowest BCUT2D eigenvalue weighted by atomic mass is 9.73. The number of anilines is 2. The van der Waals surface area contributed by atoms with E-state index in [1.807, 2.05) is 0 Å². The number of carbonyl (C=O) groups excluding carboxylic acids is 2. The molecule has 0 radical (unpaired) electrons. The molecule has 2 aromatic heterocycles. The Hall–Kier alpha value is -3.63. The second-order valence-electron chi connectivity index (χ2n) is 11.4. The predicted molar refractivity (Wildman–Crippen MR) is 150 cm³/mol. The molecule has 1 aromatic carbocycles. The molecule has 1 aliphatic heterocycles. The number of nitrogens with two attached hydrogens (primary N) is 1. The largest absolute Gasteiger partial charge is 0.396 e. The van der Waals surface area contributed by atoms with Crippen LogP contribution in [0.4, 0.5) is 11.6 Å². The number of Topliss-reactive ketones (excluding diaryl/α,β-unsaturated/α-hetero) is 1. The van der Waals surface area contributed by atoms with Gasteiger partial charge >= 0.3 is 0 Å². The molecule has 0 bridgehead atoms. The number of aryl methyl sites for hydroxylation is 1. The van der Waals surface area contributed by atoms with Gasteiger partial charge in [0, 0.05) is 42.6 Å². The molecule has 2 aliphatic rings. The van der Waals surface area contributed by atoms with Crippen LogP contribution in [0.15, 0.2) is 30.5 Å². The number of amides is 1. The van der Waals surface area contributed by atoms with Crippen LogP contribution in [0.25, 0.3) is 11.4 Å². The molecule has 10 heteroatoms. The summed E-state index contributed by atoms with van der Waals surface area (Å²) in [6, 6.07) is 7.09. The third kappa shape index (κ3) is 5.58. The van der Waals surface area contributed by atoms with Crippen LogP contribution in [-0.2, 0) is 18.4 Å². The van der Waals surface area contributed by atoms with Gasteiger partial charge in [0.2, 0.25) is 5.95 Å². The number of hydrogen-bond acceptors (Lipinski definition) is 8. The van der Waals surface area contributed by atoms with E-state index in [1.165, 1.54) is 0 Å². The minimum absolute atomic E-state index is 0.00118. The second kappa shape index (κ2) is 10.9. The van der Waals surface area contributed by atoms with E-state index in [2.05, 4.69) is 41.1 Å². The number of rotatable bonds is 8. The molecular weight excluding hydrogens is 494 g/mol. The van der Waals surface area contributed by atoms with Crippen LogP contribution in [0.2, 0.25) is 0 Å². The number of carbonyl (C=O) groups is 2. The Kier molecular flexibility index (Phi) is 7.51. The predicted octanol–water partition coefficient (Wildman–Crippen LogP) is 3.31. The lowest BCUT2D eigenvalue weighted by Gasteiger charge is -2.31. The number of aromatic nitrogens is 4. The summed E-state index contributed by atoms with van der Waals surface area (Å²) in [5.41, 5.74) is 10.2. The Morgan fingerprint density at radius 2 is 1.90 bits per heavy atom. The molecule has 3 aromatic rings. The normalized spacial score (nSPS) is 16.9. The summed E-state index contributed by atoms with van der Waals surface area (Å²) in [5.74, 6) is 0.388. The Balaban J connectivity index is 1.38. The number of ketones is 1. The number of fused-ring (bicyclic) bond motifs is 3. The lowest BCUT2D eigenvalue weighted by Crippen LogP contribution is -2.31. The molecule has 1 fully saturated rings. The van der Waals surface area contributed by atoms with Crippen LogP contribution < -0.4 is 11.1 Å². The Morgan fingerprint density at radius 3 is 2.59 bits per heavy atom. The topological polar surface area (TPSA) is 139 Å². The fourth-order valence-electron chi connectivity index (χ4n) is 5.78. The van der Waals surface area contributed by atoms with Gasteiger partial charge < -0.3 is 21.1 Å². The van der Waals surface area contributed by atoms with Crippen LogP contribution in [0.5, 0.6) is 0 Å². The highest BCUT2D eigenvalue weighted by atomic mass is 16.3. The molecule has 0 spiro atoms. The number of aliphatic hydroxyl groups excluding tert-OH is 1. The number of likely N-dealkylation sites (tertiary alicyclic amines) is 1. The van der Waals surface area contributed by atoms with E-state index in [4.69, 9.17) is 10.8 Å². The number of benzene rings is 1. The van der Waals surface area contributed by atoms with Gasteiger partial charge in [-0.25, -0.2) is 9.97 Å². The molecule has 4 N–H and O–H groups in total. The van der Waals surface area contributed by atoms with Gasteiger partial charge in [-0.1, -0.05) is 13.8 Å². The molecule has 1 saturated heterocycles. The van der Waals surface area contributed by atoms with Crippen molar-refractivity contribution in [2.45, 2.75) is 57.9 Å². The zero-order valence-corrected chi connectivity index (χ0v) is 22.9. The van der Waals surface area contributed by atoms with Gasteiger partial charge in [-0.2, -0.15) is 5.10 Å². The fourth-order valence-corrected chi connectivity index (χ4v) is 5.78. The summed E-state index contributed by atoms with van der Waals surface area (Å²) in [6.45, 7) is 6.65. The van der Waals surface area contributed by atoms with E-state index >= 15 is 0 Å². The quantitative estimate of drug-likeness (QED) is 0.376. The van der Waals surface area contributed by atoms with Gasteiger partial charge in [0.05, 0.1) is 11.4 Å². The number of nitrogens with one attached hydrogen (secondary N) is 1. The molecule has 206 valence electrons.